The molecule has 7 heteroatoms. The van der Waals surface area contributed by atoms with Gasteiger partial charge in [0, 0.05) is 5.39 Å². The van der Waals surface area contributed by atoms with Crippen molar-refractivity contribution in [2.24, 2.45) is 0 Å². The molecule has 0 aliphatic carbocycles. The zero-order chi connectivity index (χ0) is 11.9. The number of hydrogen-bond acceptors (Lipinski definition) is 3. The Labute approximate surface area is 108 Å². The fourth-order valence-electron chi connectivity index (χ4n) is 1.29. The van der Waals surface area contributed by atoms with Crippen LogP contribution in [-0.4, -0.2) is 9.91 Å². The Morgan fingerprint density at radius 3 is 2.69 bits per heavy atom. The van der Waals surface area contributed by atoms with Crippen LogP contribution < -0.4 is 0 Å². The third kappa shape index (κ3) is 1.75. The molecule has 0 bridgehead atoms. The van der Waals surface area contributed by atoms with Gasteiger partial charge < -0.3 is 0 Å². The van der Waals surface area contributed by atoms with Crippen molar-refractivity contribution in [1.82, 2.24) is 4.98 Å². The lowest BCUT2D eigenvalue weighted by atomic mass is 10.2. The topological polar surface area (TPSA) is 56.0 Å². The van der Waals surface area contributed by atoms with Crippen LogP contribution in [0.1, 0.15) is 0 Å². The number of nitrogens with zero attached hydrogens (tertiary/aromatic N) is 2. The lowest BCUT2D eigenvalue weighted by Crippen LogP contribution is -1.92. The Balaban J connectivity index is 2.87. The van der Waals surface area contributed by atoms with E-state index in [4.69, 9.17) is 23.2 Å². The lowest BCUT2D eigenvalue weighted by Gasteiger charge is -2.03. The Morgan fingerprint density at radius 2 is 2.06 bits per heavy atom. The fraction of sp³-hybridized carbons (Fsp3) is 0. The third-order valence-corrected chi connectivity index (χ3v) is 3.79. The number of pyridine rings is 1. The molecule has 2 aromatic rings. The zero-order valence-corrected chi connectivity index (χ0v) is 10.7. The molecule has 0 spiro atoms. The summed E-state index contributed by atoms with van der Waals surface area (Å²) < 4.78 is 0.573. The molecule has 1 aromatic carbocycles. The number of nitro groups is 1. The molecule has 0 fully saturated rings. The summed E-state index contributed by atoms with van der Waals surface area (Å²) >= 11 is 15.0. The summed E-state index contributed by atoms with van der Waals surface area (Å²) in [4.78, 5) is 14.1. The third-order valence-electron chi connectivity index (χ3n) is 2.04. The molecule has 16 heavy (non-hydrogen) atoms. The molecule has 0 atom stereocenters. The minimum atomic E-state index is -0.572. The van der Waals surface area contributed by atoms with Crippen molar-refractivity contribution in [3.05, 3.63) is 43.0 Å². The normalized spacial score (nSPS) is 10.7. The molecular weight excluding hydrogens is 319 g/mol. The molecule has 0 saturated carbocycles. The van der Waals surface area contributed by atoms with Crippen LogP contribution in [0, 0.1) is 10.1 Å². The minimum Gasteiger partial charge on any atom is -0.258 e. The maximum Gasteiger partial charge on any atom is 0.306 e. The molecule has 0 amide bonds. The van der Waals surface area contributed by atoms with E-state index < -0.39 is 4.92 Å². The van der Waals surface area contributed by atoms with Crippen molar-refractivity contribution in [2.75, 3.05) is 0 Å². The average molecular weight is 322 g/mol. The second-order valence-electron chi connectivity index (χ2n) is 2.97. The van der Waals surface area contributed by atoms with Gasteiger partial charge in [0.15, 0.2) is 0 Å². The van der Waals surface area contributed by atoms with Gasteiger partial charge in [-0.3, -0.25) is 10.1 Å². The second kappa shape index (κ2) is 4.16. The van der Waals surface area contributed by atoms with Gasteiger partial charge in [-0.2, -0.15) is 0 Å². The zero-order valence-electron chi connectivity index (χ0n) is 7.58. The Hall–Kier alpha value is -0.910. The summed E-state index contributed by atoms with van der Waals surface area (Å²) in [5.41, 5.74) is 0.284. The van der Waals surface area contributed by atoms with E-state index in [0.29, 0.717) is 20.4 Å². The van der Waals surface area contributed by atoms with Crippen molar-refractivity contribution in [2.45, 2.75) is 0 Å². The van der Waals surface area contributed by atoms with Crippen molar-refractivity contribution in [3.63, 3.8) is 0 Å². The van der Waals surface area contributed by atoms with Crippen LogP contribution in [0.5, 0.6) is 0 Å². The van der Waals surface area contributed by atoms with E-state index in [1.807, 2.05) is 0 Å². The van der Waals surface area contributed by atoms with Crippen LogP contribution in [0.2, 0.25) is 10.0 Å². The molecular formula is C9H3BrCl2N2O2. The number of rotatable bonds is 1. The van der Waals surface area contributed by atoms with Crippen molar-refractivity contribution >= 4 is 55.7 Å². The fourth-order valence-corrected chi connectivity index (χ4v) is 2.16. The van der Waals surface area contributed by atoms with Gasteiger partial charge in [-0.1, -0.05) is 23.2 Å². The van der Waals surface area contributed by atoms with Gasteiger partial charge in [0.25, 0.3) is 0 Å². The number of halogens is 3. The van der Waals surface area contributed by atoms with Gasteiger partial charge in [0.2, 0.25) is 0 Å². The van der Waals surface area contributed by atoms with Gasteiger partial charge in [-0.15, -0.1) is 0 Å². The Morgan fingerprint density at radius 1 is 1.38 bits per heavy atom. The van der Waals surface area contributed by atoms with E-state index in [0.717, 1.165) is 6.20 Å². The van der Waals surface area contributed by atoms with Gasteiger partial charge in [0.1, 0.15) is 11.2 Å². The number of fused-ring (bicyclic) bond motifs is 1. The molecule has 1 heterocycles. The van der Waals surface area contributed by atoms with Crippen LogP contribution in [0.15, 0.2) is 22.8 Å². The molecule has 0 N–H and O–H groups in total. The molecule has 0 radical (unpaired) electrons. The molecule has 0 aliphatic heterocycles. The van der Waals surface area contributed by atoms with E-state index in [9.17, 15) is 10.1 Å². The molecule has 0 aliphatic rings. The van der Waals surface area contributed by atoms with Crippen LogP contribution in [0.4, 0.5) is 5.69 Å². The maximum absolute atomic E-state index is 10.7. The molecule has 0 unspecified atom stereocenters. The average Bonchev–Trinajstić information content (AvgIpc) is 2.23. The predicted octanol–water partition coefficient (Wildman–Crippen LogP) is 4.21. The highest BCUT2D eigenvalue weighted by Crippen LogP contribution is 2.36. The summed E-state index contributed by atoms with van der Waals surface area (Å²) in [6.45, 7) is 0. The van der Waals surface area contributed by atoms with E-state index >= 15 is 0 Å². The quantitative estimate of drug-likeness (QED) is 0.584. The first-order chi connectivity index (χ1) is 7.52. The van der Waals surface area contributed by atoms with Crippen LogP contribution in [0.25, 0.3) is 10.9 Å². The summed E-state index contributed by atoms with van der Waals surface area (Å²) in [5.74, 6) is 0. The van der Waals surface area contributed by atoms with Gasteiger partial charge >= 0.3 is 5.69 Å². The predicted molar refractivity (Wildman–Crippen MR) is 66.1 cm³/mol. The first kappa shape index (κ1) is 11.6. The SMILES string of the molecule is O=[N+]([O-])c1cnc2c(Br)c(Cl)ccc2c1Cl. The van der Waals surface area contributed by atoms with Gasteiger partial charge in [-0.05, 0) is 28.1 Å². The van der Waals surface area contributed by atoms with E-state index in [2.05, 4.69) is 20.9 Å². The summed E-state index contributed by atoms with van der Waals surface area (Å²) in [6.07, 6.45) is 1.12. The minimum absolute atomic E-state index is 0.0624. The number of aromatic nitrogens is 1. The van der Waals surface area contributed by atoms with Crippen LogP contribution in [-0.2, 0) is 0 Å². The highest BCUT2D eigenvalue weighted by molar-refractivity contribution is 9.10. The summed E-state index contributed by atoms with van der Waals surface area (Å²) in [5, 5.41) is 11.7. The van der Waals surface area contributed by atoms with Crippen molar-refractivity contribution in [3.8, 4) is 0 Å². The van der Waals surface area contributed by atoms with Crippen molar-refractivity contribution in [1.29, 1.82) is 0 Å². The Bertz CT molecular complexity index is 604. The van der Waals surface area contributed by atoms with Gasteiger partial charge in [-0.25, -0.2) is 4.98 Å². The highest BCUT2D eigenvalue weighted by atomic mass is 79.9. The molecule has 82 valence electrons. The first-order valence-electron chi connectivity index (χ1n) is 4.09. The first-order valence-corrected chi connectivity index (χ1v) is 5.64. The molecule has 0 saturated heterocycles. The second-order valence-corrected chi connectivity index (χ2v) is 4.55. The van der Waals surface area contributed by atoms with Crippen LogP contribution >= 0.6 is 39.1 Å². The van der Waals surface area contributed by atoms with E-state index in [1.54, 1.807) is 12.1 Å². The van der Waals surface area contributed by atoms with Gasteiger partial charge in [0.05, 0.1) is 19.9 Å². The maximum atomic E-state index is 10.7. The largest absolute Gasteiger partial charge is 0.306 e. The molecule has 2 rings (SSSR count). The van der Waals surface area contributed by atoms with E-state index in [-0.39, 0.29) is 10.7 Å². The summed E-state index contributed by atoms with van der Waals surface area (Å²) in [7, 11) is 0. The highest BCUT2D eigenvalue weighted by Gasteiger charge is 2.17. The molecule has 4 nitrogen and oxygen atoms in total. The van der Waals surface area contributed by atoms with Crippen LogP contribution in [0.3, 0.4) is 0 Å². The number of hydrogen-bond donors (Lipinski definition) is 0. The van der Waals surface area contributed by atoms with Crippen molar-refractivity contribution < 1.29 is 4.92 Å². The monoisotopic (exact) mass is 320 g/mol. The smallest absolute Gasteiger partial charge is 0.258 e. The summed E-state index contributed by atoms with van der Waals surface area (Å²) in [6, 6.07) is 3.20. The lowest BCUT2D eigenvalue weighted by molar-refractivity contribution is -0.384. The standard InChI is InChI=1S/C9H3BrCl2N2O2/c10-7-5(11)2-1-4-8(12)6(14(15)16)3-13-9(4)7/h1-3H. The van der Waals surface area contributed by atoms with E-state index in [1.165, 1.54) is 0 Å². The molecule has 1 aromatic heterocycles. The Kier molecular flexibility index (Phi) is 3.01. The number of benzene rings is 1.